The second-order valence-corrected chi connectivity index (χ2v) is 10.5. The molecule has 1 aromatic carbocycles. The Balaban J connectivity index is 1.37. The van der Waals surface area contributed by atoms with Crippen LogP contribution in [0.4, 0.5) is 31.1 Å². The molecule has 3 amide bonds. The second kappa shape index (κ2) is 10.2. The summed E-state index contributed by atoms with van der Waals surface area (Å²) in [5.74, 6) is -0.675. The normalized spacial score (nSPS) is 19.1. The lowest BCUT2D eigenvalue weighted by atomic mass is 10.1. The van der Waals surface area contributed by atoms with E-state index in [1.54, 1.807) is 12.1 Å². The van der Waals surface area contributed by atoms with Crippen molar-refractivity contribution in [3.05, 3.63) is 41.0 Å². The molecule has 2 fully saturated rings. The molecule has 2 aliphatic rings. The molecule has 3 aromatic rings. The third-order valence-electron chi connectivity index (χ3n) is 6.94. The number of aromatic amines is 1. The van der Waals surface area contributed by atoms with Crippen LogP contribution in [0, 0.1) is 0 Å². The fourth-order valence-corrected chi connectivity index (χ4v) is 4.24. The van der Waals surface area contributed by atoms with Crippen LogP contribution in [0.1, 0.15) is 66.2 Å². The van der Waals surface area contributed by atoms with E-state index in [0.29, 0.717) is 22.3 Å². The van der Waals surface area contributed by atoms with Gasteiger partial charge in [-0.2, -0.15) is 26.3 Å². The van der Waals surface area contributed by atoms with E-state index in [9.17, 15) is 35.9 Å². The quantitative estimate of drug-likeness (QED) is 0.320. The van der Waals surface area contributed by atoms with Crippen LogP contribution in [-0.2, 0) is 11.3 Å². The summed E-state index contributed by atoms with van der Waals surface area (Å²) in [5, 5.41) is 11.9. The molecule has 5 rings (SSSR count). The van der Waals surface area contributed by atoms with Crippen molar-refractivity contribution in [1.82, 2.24) is 35.8 Å². The number of aromatic nitrogens is 4. The summed E-state index contributed by atoms with van der Waals surface area (Å²) in [7, 11) is 0. The zero-order chi connectivity index (χ0) is 29.7. The lowest BCUT2D eigenvalue weighted by Crippen LogP contribution is -2.44. The van der Waals surface area contributed by atoms with E-state index >= 15 is 0 Å². The van der Waals surface area contributed by atoms with Crippen molar-refractivity contribution in [2.75, 3.05) is 13.2 Å². The summed E-state index contributed by atoms with van der Waals surface area (Å²) >= 11 is 0. The highest BCUT2D eigenvalue weighted by atomic mass is 19.4. The molecule has 2 atom stereocenters. The Kier molecular flexibility index (Phi) is 7.11. The van der Waals surface area contributed by atoms with E-state index < -0.39 is 55.1 Å². The summed E-state index contributed by atoms with van der Waals surface area (Å²) in [6.07, 6.45) is -7.70. The third kappa shape index (κ3) is 6.08. The number of nitrogens with one attached hydrogen (secondary N) is 3. The van der Waals surface area contributed by atoms with Gasteiger partial charge in [-0.15, -0.1) is 0 Å². The number of halogens is 6. The largest absolute Gasteiger partial charge is 0.416 e. The highest BCUT2D eigenvalue weighted by Crippen LogP contribution is 2.40. The molecule has 0 unspecified atom stereocenters. The van der Waals surface area contributed by atoms with Gasteiger partial charge in [-0.1, -0.05) is 11.2 Å². The van der Waals surface area contributed by atoms with Crippen molar-refractivity contribution in [1.29, 1.82) is 0 Å². The Labute approximate surface area is 227 Å². The van der Waals surface area contributed by atoms with E-state index in [4.69, 9.17) is 9.37 Å². The van der Waals surface area contributed by atoms with Crippen molar-refractivity contribution >= 4 is 23.0 Å². The number of carbonyl (C=O) groups excluding carboxylic acids is 2. The molecule has 41 heavy (non-hydrogen) atoms. The first kappa shape index (κ1) is 28.6. The molecular weight excluding hydrogens is 564 g/mol. The number of fused-ring (bicyclic) bond motifs is 1. The van der Waals surface area contributed by atoms with Crippen molar-refractivity contribution < 1.29 is 45.3 Å². The lowest BCUT2D eigenvalue weighted by molar-refractivity contribution is -0.265. The van der Waals surface area contributed by atoms with Gasteiger partial charge < -0.3 is 25.3 Å². The van der Waals surface area contributed by atoms with Crippen LogP contribution in [-0.4, -0.2) is 74.3 Å². The summed E-state index contributed by atoms with van der Waals surface area (Å²) in [5.41, 5.74) is -1.07. The maximum absolute atomic E-state index is 13.5. The third-order valence-corrected chi connectivity index (χ3v) is 6.94. The molecule has 11 nitrogen and oxygen atoms in total. The number of alkyl halides is 6. The summed E-state index contributed by atoms with van der Waals surface area (Å²) < 4.78 is 89.3. The predicted molar refractivity (Wildman–Crippen MR) is 127 cm³/mol. The molecule has 1 saturated heterocycles. The monoisotopic (exact) mass is 589 g/mol. The number of hydrogen-bond acceptors (Lipinski definition) is 7. The number of H-pyrrole nitrogens is 1. The van der Waals surface area contributed by atoms with Gasteiger partial charge in [-0.3, -0.25) is 4.79 Å². The molecular formula is C24H25F6N7O4. The average molecular weight is 589 g/mol. The minimum atomic E-state index is -4.70. The van der Waals surface area contributed by atoms with Gasteiger partial charge >= 0.3 is 18.4 Å². The van der Waals surface area contributed by atoms with Crippen molar-refractivity contribution in [2.45, 2.75) is 69.2 Å². The summed E-state index contributed by atoms with van der Waals surface area (Å²) in [6.45, 7) is 0.383. The molecule has 1 aliphatic heterocycles. The Hall–Kier alpha value is -3.89. The van der Waals surface area contributed by atoms with E-state index in [0.717, 1.165) is 31.6 Å². The van der Waals surface area contributed by atoms with Crippen molar-refractivity contribution in [3.8, 4) is 0 Å². The fraction of sp³-hybridized carbons (Fsp3) is 0.542. The van der Waals surface area contributed by atoms with Crippen LogP contribution in [0.25, 0.3) is 11.0 Å². The number of rotatable bonds is 9. The summed E-state index contributed by atoms with van der Waals surface area (Å²) in [4.78, 5) is 33.4. The number of nitrogens with zero attached hydrogens (tertiary/aromatic N) is 4. The first-order valence-corrected chi connectivity index (χ1v) is 12.6. The maximum Gasteiger partial charge on any atom is 0.416 e. The minimum Gasteiger partial charge on any atom is -0.364 e. The number of amides is 3. The minimum absolute atomic E-state index is 0.00887. The zero-order valence-electron chi connectivity index (χ0n) is 21.7. The Morgan fingerprint density at radius 2 is 1.93 bits per heavy atom. The van der Waals surface area contributed by atoms with Gasteiger partial charge in [0, 0.05) is 12.5 Å². The topological polar surface area (TPSA) is 138 Å². The van der Waals surface area contributed by atoms with Crippen LogP contribution >= 0.6 is 0 Å². The molecule has 1 saturated carbocycles. The van der Waals surface area contributed by atoms with E-state index in [1.807, 2.05) is 5.32 Å². The van der Waals surface area contributed by atoms with Crippen LogP contribution < -0.4 is 10.6 Å². The number of imidazole rings is 1. The molecule has 2 aromatic heterocycles. The van der Waals surface area contributed by atoms with Crippen LogP contribution in [0.15, 0.2) is 22.8 Å². The second-order valence-electron chi connectivity index (χ2n) is 10.5. The summed E-state index contributed by atoms with van der Waals surface area (Å²) in [6, 6.07) is 0.598. The van der Waals surface area contributed by atoms with Crippen LogP contribution in [0.3, 0.4) is 0 Å². The zero-order valence-corrected chi connectivity index (χ0v) is 21.7. The molecule has 0 spiro atoms. The predicted octanol–water partition coefficient (Wildman–Crippen LogP) is 4.11. The van der Waals surface area contributed by atoms with Crippen LogP contribution in [0.2, 0.25) is 0 Å². The lowest BCUT2D eigenvalue weighted by Gasteiger charge is -2.29. The van der Waals surface area contributed by atoms with Gasteiger partial charge in [0.1, 0.15) is 23.6 Å². The van der Waals surface area contributed by atoms with Crippen molar-refractivity contribution in [3.63, 3.8) is 0 Å². The first-order valence-electron chi connectivity index (χ1n) is 12.6. The number of urea groups is 1. The Bertz CT molecular complexity index is 1450. The van der Waals surface area contributed by atoms with E-state index in [1.165, 1.54) is 6.07 Å². The van der Waals surface area contributed by atoms with Gasteiger partial charge in [0.2, 0.25) is 0 Å². The highest BCUT2D eigenvalue weighted by Gasteiger charge is 2.49. The average Bonchev–Trinajstić information content (AvgIpc) is 3.27. The SMILES string of the molecule is CC(C)(OC[C@@H](NC(=O)c1nonc1C1CC1)c1nc2ccc(CN3C[C@@H](C(F)(F)F)NC3=O)cc2[nH]1)C(F)(F)F. The molecule has 3 heterocycles. The first-order chi connectivity index (χ1) is 19.1. The number of hydrogen-bond donors (Lipinski definition) is 3. The molecule has 222 valence electrons. The van der Waals surface area contributed by atoms with Gasteiger partial charge in [-0.05, 0) is 49.5 Å². The molecule has 0 radical (unpaired) electrons. The number of carbonyl (C=O) groups is 2. The standard InChI is InChI=1S/C24H25F6N7O4/c1-22(2,24(28,29)30)40-10-15(33-20(38)18-17(12-4-5-12)35-41-36-18)19-31-13-6-3-11(7-14(13)32-19)8-37-9-16(23(25,26)27)34-21(37)39/h3,6-7,12,15-16H,4-5,8-10H2,1-2H3,(H,31,32)(H,33,38)(H,34,39)/t15-,16+/m1/s1. The fourth-order valence-electron chi connectivity index (χ4n) is 4.24. The maximum atomic E-state index is 13.5. The van der Waals surface area contributed by atoms with Gasteiger partial charge in [0.15, 0.2) is 11.3 Å². The molecule has 3 N–H and O–H groups in total. The van der Waals surface area contributed by atoms with Crippen molar-refractivity contribution in [2.24, 2.45) is 0 Å². The Morgan fingerprint density at radius 1 is 1.20 bits per heavy atom. The van der Waals surface area contributed by atoms with Gasteiger partial charge in [-0.25, -0.2) is 14.4 Å². The van der Waals surface area contributed by atoms with Gasteiger partial charge in [0.05, 0.1) is 24.2 Å². The highest BCUT2D eigenvalue weighted by molar-refractivity contribution is 5.93. The molecule has 17 heteroatoms. The Morgan fingerprint density at radius 3 is 2.56 bits per heavy atom. The number of benzene rings is 1. The number of ether oxygens (including phenoxy) is 1. The molecule has 1 aliphatic carbocycles. The molecule has 0 bridgehead atoms. The smallest absolute Gasteiger partial charge is 0.364 e. The van der Waals surface area contributed by atoms with E-state index in [2.05, 4.69) is 25.6 Å². The van der Waals surface area contributed by atoms with Crippen LogP contribution in [0.5, 0.6) is 0 Å². The van der Waals surface area contributed by atoms with E-state index in [-0.39, 0.29) is 24.0 Å². The van der Waals surface area contributed by atoms with Gasteiger partial charge in [0.25, 0.3) is 5.91 Å².